The van der Waals surface area contributed by atoms with Crippen LogP contribution in [0.3, 0.4) is 0 Å². The molecule has 0 aliphatic carbocycles. The van der Waals surface area contributed by atoms with E-state index < -0.39 is 4.92 Å². The Morgan fingerprint density at radius 3 is 2.46 bits per heavy atom. The fourth-order valence-corrected chi connectivity index (χ4v) is 1.96. The third-order valence-electron chi connectivity index (χ3n) is 3.11. The molecule has 1 N–H and O–H groups in total. The smallest absolute Gasteiger partial charge is 0.269 e. The van der Waals surface area contributed by atoms with Crippen LogP contribution in [-0.2, 0) is 11.2 Å². The molecule has 0 heterocycles. The highest BCUT2D eigenvalue weighted by molar-refractivity contribution is 5.83. The van der Waals surface area contributed by atoms with Crippen LogP contribution in [-0.4, -0.2) is 23.7 Å². The molecule has 124 valence electrons. The molecule has 0 aliphatic rings. The quantitative estimate of drug-likeness (QED) is 0.480. The Morgan fingerprint density at radius 2 is 1.88 bits per heavy atom. The van der Waals surface area contributed by atoms with Gasteiger partial charge >= 0.3 is 0 Å². The van der Waals surface area contributed by atoms with Crippen LogP contribution in [0.2, 0.25) is 0 Å². The Labute approximate surface area is 139 Å². The fourth-order valence-electron chi connectivity index (χ4n) is 1.96. The monoisotopic (exact) mass is 327 g/mol. The number of rotatable bonds is 7. The number of nitrogens with one attached hydrogen (secondary N) is 1. The van der Waals surface area contributed by atoms with Crippen LogP contribution in [0.25, 0.3) is 0 Å². The molecular formula is C17H17N3O4. The molecule has 0 atom stereocenters. The molecular weight excluding hydrogens is 310 g/mol. The van der Waals surface area contributed by atoms with Crippen molar-refractivity contribution >= 4 is 17.8 Å². The molecule has 0 aliphatic heterocycles. The number of benzene rings is 2. The second-order valence-electron chi connectivity index (χ2n) is 4.90. The van der Waals surface area contributed by atoms with Crippen molar-refractivity contribution in [3.8, 4) is 5.75 Å². The summed E-state index contributed by atoms with van der Waals surface area (Å²) in [4.78, 5) is 21.9. The first-order valence-electron chi connectivity index (χ1n) is 7.36. The molecule has 0 bridgehead atoms. The number of nitro groups is 1. The van der Waals surface area contributed by atoms with Gasteiger partial charge in [-0.25, -0.2) is 5.43 Å². The Kier molecular flexibility index (Phi) is 6.01. The number of ether oxygens (including phenoxy) is 1. The molecule has 0 spiro atoms. The average molecular weight is 327 g/mol. The van der Waals surface area contributed by atoms with Crippen LogP contribution in [0, 0.1) is 10.1 Å². The number of carbonyl (C=O) groups is 1. The van der Waals surface area contributed by atoms with Crippen molar-refractivity contribution in [3.05, 3.63) is 69.8 Å². The molecule has 0 aromatic heterocycles. The number of carbonyl (C=O) groups excluding carboxylic acids is 1. The third-order valence-corrected chi connectivity index (χ3v) is 3.11. The summed E-state index contributed by atoms with van der Waals surface area (Å²) in [5.74, 6) is 0.509. The summed E-state index contributed by atoms with van der Waals surface area (Å²) in [6, 6.07) is 13.1. The standard InChI is InChI=1S/C17H17N3O4/c1-2-24-16-9-5-13(6-10-16)11-17(21)19-18-12-14-3-7-15(8-4-14)20(22)23/h3-10,12H,2,11H2,1H3,(H,19,21)/b18-12+. The van der Waals surface area contributed by atoms with Crippen LogP contribution >= 0.6 is 0 Å². The van der Waals surface area contributed by atoms with Crippen molar-refractivity contribution in [1.29, 1.82) is 0 Å². The molecule has 2 aromatic carbocycles. The van der Waals surface area contributed by atoms with Crippen molar-refractivity contribution in [2.24, 2.45) is 5.10 Å². The van der Waals surface area contributed by atoms with Crippen molar-refractivity contribution in [2.75, 3.05) is 6.61 Å². The molecule has 2 aromatic rings. The van der Waals surface area contributed by atoms with Gasteiger partial charge in [-0.1, -0.05) is 12.1 Å². The lowest BCUT2D eigenvalue weighted by Gasteiger charge is -2.04. The van der Waals surface area contributed by atoms with Crippen LogP contribution in [0.5, 0.6) is 5.75 Å². The van der Waals surface area contributed by atoms with Crippen LogP contribution in [0.15, 0.2) is 53.6 Å². The van der Waals surface area contributed by atoms with Gasteiger partial charge in [-0.05, 0) is 42.3 Å². The minimum atomic E-state index is -0.473. The molecule has 1 amide bonds. The Balaban J connectivity index is 1.84. The third kappa shape index (κ3) is 5.20. The van der Waals surface area contributed by atoms with Crippen LogP contribution in [0.4, 0.5) is 5.69 Å². The van der Waals surface area contributed by atoms with E-state index in [1.807, 2.05) is 31.2 Å². The van der Waals surface area contributed by atoms with E-state index in [2.05, 4.69) is 10.5 Å². The number of non-ortho nitro benzene ring substituents is 1. The van der Waals surface area contributed by atoms with Crippen LogP contribution in [0.1, 0.15) is 18.1 Å². The number of hydrazone groups is 1. The van der Waals surface area contributed by atoms with Gasteiger partial charge in [0, 0.05) is 12.1 Å². The summed E-state index contributed by atoms with van der Waals surface area (Å²) in [5, 5.41) is 14.4. The van der Waals surface area contributed by atoms with Gasteiger partial charge in [-0.15, -0.1) is 0 Å². The summed E-state index contributed by atoms with van der Waals surface area (Å²) in [7, 11) is 0. The predicted octanol–water partition coefficient (Wildman–Crippen LogP) is 2.69. The largest absolute Gasteiger partial charge is 0.494 e. The zero-order valence-electron chi connectivity index (χ0n) is 13.1. The normalized spacial score (nSPS) is 10.5. The first-order chi connectivity index (χ1) is 11.6. The van der Waals surface area contributed by atoms with Gasteiger partial charge in [0.1, 0.15) is 5.75 Å². The summed E-state index contributed by atoms with van der Waals surface area (Å²) in [6.07, 6.45) is 1.63. The molecule has 24 heavy (non-hydrogen) atoms. The molecule has 2 rings (SSSR count). The summed E-state index contributed by atoms with van der Waals surface area (Å²) >= 11 is 0. The van der Waals surface area contributed by atoms with Gasteiger partial charge in [-0.2, -0.15) is 5.10 Å². The Bertz CT molecular complexity index is 725. The van der Waals surface area contributed by atoms with E-state index in [0.29, 0.717) is 12.2 Å². The highest BCUT2D eigenvalue weighted by Gasteiger charge is 2.04. The number of nitrogens with zero attached hydrogens (tertiary/aromatic N) is 2. The van der Waals surface area contributed by atoms with E-state index in [-0.39, 0.29) is 18.0 Å². The maximum absolute atomic E-state index is 11.8. The van der Waals surface area contributed by atoms with Crippen LogP contribution < -0.4 is 10.2 Å². The molecule has 0 unspecified atom stereocenters. The second-order valence-corrected chi connectivity index (χ2v) is 4.90. The van der Waals surface area contributed by atoms with Gasteiger partial charge in [0.05, 0.1) is 24.2 Å². The van der Waals surface area contributed by atoms with E-state index in [4.69, 9.17) is 4.74 Å². The van der Waals surface area contributed by atoms with Gasteiger partial charge in [0.15, 0.2) is 0 Å². The van der Waals surface area contributed by atoms with E-state index in [0.717, 1.165) is 11.3 Å². The lowest BCUT2D eigenvalue weighted by molar-refractivity contribution is -0.384. The van der Waals surface area contributed by atoms with E-state index in [1.165, 1.54) is 18.3 Å². The number of hydrogen-bond donors (Lipinski definition) is 1. The summed E-state index contributed by atoms with van der Waals surface area (Å²) < 4.78 is 5.34. The molecule has 7 nitrogen and oxygen atoms in total. The van der Waals surface area contributed by atoms with Gasteiger partial charge in [-0.3, -0.25) is 14.9 Å². The zero-order chi connectivity index (χ0) is 17.4. The second kappa shape index (κ2) is 8.42. The van der Waals surface area contributed by atoms with Gasteiger partial charge in [0.25, 0.3) is 5.69 Å². The Hall–Kier alpha value is -3.22. The predicted molar refractivity (Wildman–Crippen MR) is 90.1 cm³/mol. The Morgan fingerprint density at radius 1 is 1.21 bits per heavy atom. The average Bonchev–Trinajstić information content (AvgIpc) is 2.57. The first-order valence-corrected chi connectivity index (χ1v) is 7.36. The number of hydrogen-bond acceptors (Lipinski definition) is 5. The van der Waals surface area contributed by atoms with Crippen molar-refractivity contribution in [3.63, 3.8) is 0 Å². The molecule has 7 heteroatoms. The SMILES string of the molecule is CCOc1ccc(CC(=O)N/N=C/c2ccc([N+](=O)[O-])cc2)cc1. The first kappa shape index (κ1) is 17.1. The van der Waals surface area contributed by atoms with E-state index in [1.54, 1.807) is 12.1 Å². The lowest BCUT2D eigenvalue weighted by atomic mass is 10.1. The highest BCUT2D eigenvalue weighted by Crippen LogP contribution is 2.12. The topological polar surface area (TPSA) is 93.8 Å². The zero-order valence-corrected chi connectivity index (χ0v) is 13.1. The van der Waals surface area contributed by atoms with Crippen molar-refractivity contribution in [1.82, 2.24) is 5.43 Å². The number of amides is 1. The summed E-state index contributed by atoms with van der Waals surface area (Å²) in [5.41, 5.74) is 3.93. The molecule has 0 radical (unpaired) electrons. The fraction of sp³-hybridized carbons (Fsp3) is 0.176. The number of nitro benzene ring substituents is 1. The highest BCUT2D eigenvalue weighted by atomic mass is 16.6. The molecule has 0 fully saturated rings. The molecule has 0 saturated heterocycles. The molecule has 0 saturated carbocycles. The minimum Gasteiger partial charge on any atom is -0.494 e. The van der Waals surface area contributed by atoms with E-state index >= 15 is 0 Å². The summed E-state index contributed by atoms with van der Waals surface area (Å²) in [6.45, 7) is 2.50. The van der Waals surface area contributed by atoms with Gasteiger partial charge < -0.3 is 4.74 Å². The van der Waals surface area contributed by atoms with Gasteiger partial charge in [0.2, 0.25) is 5.91 Å². The van der Waals surface area contributed by atoms with E-state index in [9.17, 15) is 14.9 Å². The van der Waals surface area contributed by atoms with Crippen molar-refractivity contribution in [2.45, 2.75) is 13.3 Å². The maximum atomic E-state index is 11.8. The maximum Gasteiger partial charge on any atom is 0.269 e. The van der Waals surface area contributed by atoms with Crippen molar-refractivity contribution < 1.29 is 14.5 Å². The minimum absolute atomic E-state index is 0.00619. The lowest BCUT2D eigenvalue weighted by Crippen LogP contribution is -2.19.